The summed E-state index contributed by atoms with van der Waals surface area (Å²) in [4.78, 5) is 13.9. The summed E-state index contributed by atoms with van der Waals surface area (Å²) >= 11 is 0. The van der Waals surface area contributed by atoms with Crippen LogP contribution in [0.25, 0.3) is 0 Å². The van der Waals surface area contributed by atoms with Gasteiger partial charge in [0.2, 0.25) is 0 Å². The van der Waals surface area contributed by atoms with Gasteiger partial charge in [0.05, 0.1) is 11.3 Å². The Morgan fingerprint density at radius 1 is 1.73 bits per heavy atom. The molecule has 1 rings (SSSR count). The first-order chi connectivity index (χ1) is 5.13. The van der Waals surface area contributed by atoms with E-state index >= 15 is 0 Å². The molecular formula is C7H6FNO2. The zero-order valence-corrected chi connectivity index (χ0v) is 5.84. The molecule has 4 heteroatoms. The van der Waals surface area contributed by atoms with Gasteiger partial charge in [-0.2, -0.15) is 0 Å². The standard InChI is InChI=1S/C7H6FNO2/c1-4-6(8)5(7(10)11)2-3-9-4/h2-3H,1H3,(H,10,11). The summed E-state index contributed by atoms with van der Waals surface area (Å²) in [7, 11) is 0. The number of carbonyl (C=O) groups is 1. The van der Waals surface area contributed by atoms with E-state index in [0.717, 1.165) is 6.07 Å². The number of nitrogens with zero attached hydrogens (tertiary/aromatic N) is 1. The Balaban J connectivity index is 3.27. The van der Waals surface area contributed by atoms with Crippen LogP contribution in [0.5, 0.6) is 0 Å². The van der Waals surface area contributed by atoms with Crippen LogP contribution in [0.15, 0.2) is 12.3 Å². The lowest BCUT2D eigenvalue weighted by Gasteiger charge is -1.97. The molecule has 0 radical (unpaired) electrons. The lowest BCUT2D eigenvalue weighted by Crippen LogP contribution is -2.02. The van der Waals surface area contributed by atoms with E-state index in [1.54, 1.807) is 0 Å². The summed E-state index contributed by atoms with van der Waals surface area (Å²) in [6.45, 7) is 1.42. The van der Waals surface area contributed by atoms with E-state index in [-0.39, 0.29) is 11.3 Å². The SMILES string of the molecule is Cc1nccc(C(=O)O)c1F. The van der Waals surface area contributed by atoms with Gasteiger partial charge in [-0.05, 0) is 13.0 Å². The number of carboxylic acid groups (broad SMARTS) is 1. The summed E-state index contributed by atoms with van der Waals surface area (Å²) < 4.78 is 12.8. The zero-order valence-electron chi connectivity index (χ0n) is 5.84. The van der Waals surface area contributed by atoms with Gasteiger partial charge in [0.25, 0.3) is 0 Å². The summed E-state index contributed by atoms with van der Waals surface area (Å²) in [6, 6.07) is 1.13. The normalized spacial score (nSPS) is 9.64. The summed E-state index contributed by atoms with van der Waals surface area (Å²) in [5, 5.41) is 8.42. The van der Waals surface area contributed by atoms with Crippen molar-refractivity contribution in [2.45, 2.75) is 6.92 Å². The smallest absolute Gasteiger partial charge is 0.338 e. The number of carboxylic acids is 1. The molecule has 11 heavy (non-hydrogen) atoms. The quantitative estimate of drug-likeness (QED) is 0.663. The second kappa shape index (κ2) is 2.65. The van der Waals surface area contributed by atoms with Crippen LogP contribution < -0.4 is 0 Å². The molecule has 1 heterocycles. The highest BCUT2D eigenvalue weighted by molar-refractivity contribution is 5.87. The van der Waals surface area contributed by atoms with Crippen molar-refractivity contribution in [2.75, 3.05) is 0 Å². The maximum Gasteiger partial charge on any atom is 0.338 e. The first-order valence-electron chi connectivity index (χ1n) is 2.97. The van der Waals surface area contributed by atoms with Gasteiger partial charge in [-0.1, -0.05) is 0 Å². The molecule has 1 aromatic rings. The third-order valence-corrected chi connectivity index (χ3v) is 1.29. The van der Waals surface area contributed by atoms with Crippen LogP contribution in [0.4, 0.5) is 4.39 Å². The molecule has 1 aromatic heterocycles. The first-order valence-corrected chi connectivity index (χ1v) is 2.97. The van der Waals surface area contributed by atoms with Gasteiger partial charge in [-0.15, -0.1) is 0 Å². The summed E-state index contributed by atoms with van der Waals surface area (Å²) in [6.07, 6.45) is 1.27. The topological polar surface area (TPSA) is 50.2 Å². The molecule has 0 aromatic carbocycles. The van der Waals surface area contributed by atoms with E-state index < -0.39 is 11.8 Å². The van der Waals surface area contributed by atoms with Crippen LogP contribution >= 0.6 is 0 Å². The number of hydrogen-bond acceptors (Lipinski definition) is 2. The van der Waals surface area contributed by atoms with Crippen molar-refractivity contribution in [2.24, 2.45) is 0 Å². The Kier molecular flexibility index (Phi) is 1.85. The van der Waals surface area contributed by atoms with Gasteiger partial charge in [0.1, 0.15) is 0 Å². The highest BCUT2D eigenvalue weighted by Crippen LogP contribution is 2.08. The van der Waals surface area contributed by atoms with Crippen LogP contribution in [0.3, 0.4) is 0 Å². The van der Waals surface area contributed by atoms with Crippen LogP contribution in [-0.2, 0) is 0 Å². The monoisotopic (exact) mass is 155 g/mol. The van der Waals surface area contributed by atoms with Crippen LogP contribution in [0.1, 0.15) is 16.1 Å². The molecule has 0 aliphatic carbocycles. The molecule has 0 saturated heterocycles. The van der Waals surface area contributed by atoms with Crippen molar-refractivity contribution in [3.8, 4) is 0 Å². The predicted molar refractivity (Wildman–Crippen MR) is 35.9 cm³/mol. The number of aromatic nitrogens is 1. The average Bonchev–Trinajstić information content (AvgIpc) is 1.94. The van der Waals surface area contributed by atoms with Crippen molar-refractivity contribution in [3.05, 3.63) is 29.3 Å². The van der Waals surface area contributed by atoms with Gasteiger partial charge >= 0.3 is 5.97 Å². The van der Waals surface area contributed by atoms with E-state index in [0.29, 0.717) is 0 Å². The molecule has 0 aliphatic rings. The lowest BCUT2D eigenvalue weighted by atomic mass is 10.2. The molecular weight excluding hydrogens is 149 g/mol. The van der Waals surface area contributed by atoms with Gasteiger partial charge in [-0.25, -0.2) is 9.18 Å². The molecule has 0 amide bonds. The Labute approximate surface area is 62.5 Å². The van der Waals surface area contributed by atoms with Crippen molar-refractivity contribution >= 4 is 5.97 Å². The minimum atomic E-state index is -1.27. The molecule has 0 fully saturated rings. The molecule has 1 N–H and O–H groups in total. The van der Waals surface area contributed by atoms with E-state index in [4.69, 9.17) is 5.11 Å². The first kappa shape index (κ1) is 7.65. The fourth-order valence-corrected chi connectivity index (χ4v) is 0.714. The maximum absolute atomic E-state index is 12.8. The van der Waals surface area contributed by atoms with E-state index in [2.05, 4.69) is 4.98 Å². The molecule has 3 nitrogen and oxygen atoms in total. The largest absolute Gasteiger partial charge is 0.478 e. The second-order valence-electron chi connectivity index (χ2n) is 2.06. The summed E-state index contributed by atoms with van der Waals surface area (Å²) in [5.74, 6) is -2.03. The van der Waals surface area contributed by atoms with E-state index in [9.17, 15) is 9.18 Å². The number of pyridine rings is 1. The van der Waals surface area contributed by atoms with Crippen LogP contribution in [0.2, 0.25) is 0 Å². The number of rotatable bonds is 1. The van der Waals surface area contributed by atoms with E-state index in [1.807, 2.05) is 0 Å². The van der Waals surface area contributed by atoms with Crippen LogP contribution in [-0.4, -0.2) is 16.1 Å². The van der Waals surface area contributed by atoms with Gasteiger partial charge in [-0.3, -0.25) is 4.98 Å². The van der Waals surface area contributed by atoms with Gasteiger partial charge in [0, 0.05) is 6.20 Å². The minimum absolute atomic E-state index is 0.102. The minimum Gasteiger partial charge on any atom is -0.478 e. The fraction of sp³-hybridized carbons (Fsp3) is 0.143. The van der Waals surface area contributed by atoms with Gasteiger partial charge < -0.3 is 5.11 Å². The maximum atomic E-state index is 12.8. The predicted octanol–water partition coefficient (Wildman–Crippen LogP) is 1.23. The number of aryl methyl sites for hydroxylation is 1. The lowest BCUT2D eigenvalue weighted by molar-refractivity contribution is 0.0691. The second-order valence-corrected chi connectivity index (χ2v) is 2.06. The Morgan fingerprint density at radius 2 is 2.36 bits per heavy atom. The van der Waals surface area contributed by atoms with Gasteiger partial charge in [0.15, 0.2) is 5.82 Å². The third kappa shape index (κ3) is 1.34. The Bertz CT molecular complexity index is 298. The molecule has 0 aliphatic heterocycles. The highest BCUT2D eigenvalue weighted by Gasteiger charge is 2.11. The number of aromatic carboxylic acids is 1. The number of hydrogen-bond donors (Lipinski definition) is 1. The average molecular weight is 155 g/mol. The van der Waals surface area contributed by atoms with Crippen LogP contribution in [0, 0.1) is 12.7 Å². The third-order valence-electron chi connectivity index (χ3n) is 1.29. The molecule has 0 atom stereocenters. The molecule has 0 saturated carbocycles. The van der Waals surface area contributed by atoms with Crippen molar-refractivity contribution < 1.29 is 14.3 Å². The molecule has 58 valence electrons. The number of halogens is 1. The molecule has 0 bridgehead atoms. The summed E-state index contributed by atoms with van der Waals surface area (Å²) in [5.41, 5.74) is -0.234. The van der Waals surface area contributed by atoms with Crippen molar-refractivity contribution in [1.82, 2.24) is 4.98 Å². The Hall–Kier alpha value is -1.45. The van der Waals surface area contributed by atoms with E-state index in [1.165, 1.54) is 13.1 Å². The zero-order chi connectivity index (χ0) is 8.43. The molecule has 0 unspecified atom stereocenters. The highest BCUT2D eigenvalue weighted by atomic mass is 19.1. The van der Waals surface area contributed by atoms with Crippen molar-refractivity contribution in [3.63, 3.8) is 0 Å². The molecule has 0 spiro atoms. The fourth-order valence-electron chi connectivity index (χ4n) is 0.714. The van der Waals surface area contributed by atoms with Crippen molar-refractivity contribution in [1.29, 1.82) is 0 Å². The Morgan fingerprint density at radius 3 is 2.82 bits per heavy atom.